The molecule has 9 rings (SSSR count). The van der Waals surface area contributed by atoms with Gasteiger partial charge in [-0.05, 0) is 134 Å². The number of carbonyl (C=O) groups excluding carboxylic acids is 3. The number of hydrogen-bond acceptors (Lipinski definition) is 8. The molecule has 3 fully saturated rings. The van der Waals surface area contributed by atoms with Crippen molar-refractivity contribution in [2.75, 3.05) is 38.2 Å². The summed E-state index contributed by atoms with van der Waals surface area (Å²) in [6.07, 6.45) is 5.96. The Balaban J connectivity index is 1.05. The van der Waals surface area contributed by atoms with Gasteiger partial charge in [0.05, 0.1) is 46.9 Å². The molecule has 67 heavy (non-hydrogen) atoms. The number of carboxylic acid groups (broad SMARTS) is 1. The predicted octanol–water partition coefficient (Wildman–Crippen LogP) is 9.06. The van der Waals surface area contributed by atoms with E-state index < -0.39 is 24.3 Å². The second kappa shape index (κ2) is 19.0. The van der Waals surface area contributed by atoms with Gasteiger partial charge in [-0.2, -0.15) is 0 Å². The fraction of sp³-hybridized carbons (Fsp3) is 0.490. The summed E-state index contributed by atoms with van der Waals surface area (Å²) < 4.78 is 21.2. The summed E-state index contributed by atoms with van der Waals surface area (Å²) in [5, 5.41) is 14.6. The summed E-state index contributed by atoms with van der Waals surface area (Å²) >= 11 is 0. The molecule has 1 unspecified atom stereocenters. The molecule has 1 aliphatic carbocycles. The molecular formula is C51H62FN9O6. The zero-order valence-electron chi connectivity index (χ0n) is 39.0. The average molecular weight is 916 g/mol. The number of piperidine rings is 1. The van der Waals surface area contributed by atoms with Gasteiger partial charge in [0, 0.05) is 32.1 Å². The Morgan fingerprint density at radius 1 is 0.716 bits per heavy atom. The first-order valence-corrected chi connectivity index (χ1v) is 24.0. The molecule has 5 N–H and O–H groups in total. The van der Waals surface area contributed by atoms with Gasteiger partial charge in [0.1, 0.15) is 29.5 Å². The van der Waals surface area contributed by atoms with Crippen LogP contribution < -0.4 is 15.5 Å². The van der Waals surface area contributed by atoms with Gasteiger partial charge in [-0.1, -0.05) is 45.9 Å². The molecule has 0 radical (unpaired) electrons. The van der Waals surface area contributed by atoms with E-state index in [1.165, 1.54) is 7.11 Å². The number of methoxy groups -OCH3 is 1. The molecule has 5 atom stereocenters. The number of nitrogens with one attached hydrogen (secondary N) is 4. The van der Waals surface area contributed by atoms with E-state index >= 15 is 4.39 Å². The highest BCUT2D eigenvalue weighted by Crippen LogP contribution is 2.50. The lowest BCUT2D eigenvalue weighted by Gasteiger charge is -2.29. The minimum Gasteiger partial charge on any atom is -0.465 e. The van der Waals surface area contributed by atoms with Crippen molar-refractivity contribution in [2.24, 2.45) is 11.8 Å². The monoisotopic (exact) mass is 915 g/mol. The van der Waals surface area contributed by atoms with Gasteiger partial charge in [0.15, 0.2) is 0 Å². The molecular weight excluding hydrogens is 854 g/mol. The molecule has 3 saturated heterocycles. The van der Waals surface area contributed by atoms with E-state index in [2.05, 4.69) is 55.8 Å². The van der Waals surface area contributed by atoms with Crippen molar-refractivity contribution in [3.05, 3.63) is 88.8 Å². The van der Waals surface area contributed by atoms with Crippen LogP contribution in [-0.4, -0.2) is 104 Å². The minimum absolute atomic E-state index is 0.0634. The molecule has 0 bridgehead atoms. The molecule has 15 nitrogen and oxygen atoms in total. The average Bonchev–Trinajstić information content (AvgIpc) is 4.18. The smallest absolute Gasteiger partial charge is 0.407 e. The number of fused-ring (bicyclic) bond motifs is 2. The Bertz CT molecular complexity index is 2720. The number of aromatic amines is 2. The number of anilines is 1. The first-order valence-electron chi connectivity index (χ1n) is 24.0. The number of halogens is 1. The largest absolute Gasteiger partial charge is 0.465 e. The normalized spacial score (nSPS) is 21.0. The summed E-state index contributed by atoms with van der Waals surface area (Å²) in [4.78, 5) is 74.2. The molecule has 16 heteroatoms. The van der Waals surface area contributed by atoms with Gasteiger partial charge in [-0.3, -0.25) is 9.59 Å². The Hall–Kier alpha value is -6.45. The van der Waals surface area contributed by atoms with E-state index in [-0.39, 0.29) is 47.5 Å². The number of carbonyl (C=O) groups is 4. The number of likely N-dealkylation sites (tertiary alicyclic amines) is 2. The molecule has 0 saturated carbocycles. The van der Waals surface area contributed by atoms with Crippen LogP contribution in [0.15, 0.2) is 54.6 Å². The summed E-state index contributed by atoms with van der Waals surface area (Å²) in [5.41, 5.74) is 8.95. The number of alkyl carbamates (subject to hydrolysis) is 1. The van der Waals surface area contributed by atoms with Gasteiger partial charge >= 0.3 is 12.2 Å². The van der Waals surface area contributed by atoms with Gasteiger partial charge in [-0.25, -0.2) is 23.9 Å². The van der Waals surface area contributed by atoms with Crippen molar-refractivity contribution in [1.82, 2.24) is 40.4 Å². The van der Waals surface area contributed by atoms with E-state index in [1.807, 2.05) is 50.8 Å². The molecule has 0 spiro atoms. The van der Waals surface area contributed by atoms with Crippen LogP contribution in [0.5, 0.6) is 0 Å². The maximum Gasteiger partial charge on any atom is 0.407 e. The third-order valence-electron chi connectivity index (χ3n) is 14.4. The molecule has 3 aliphatic heterocycles. The zero-order valence-corrected chi connectivity index (χ0v) is 39.0. The van der Waals surface area contributed by atoms with E-state index in [1.54, 1.807) is 11.0 Å². The second-order valence-electron chi connectivity index (χ2n) is 19.4. The molecule has 5 heterocycles. The predicted molar refractivity (Wildman–Crippen MR) is 255 cm³/mol. The van der Waals surface area contributed by atoms with Gasteiger partial charge < -0.3 is 45.1 Å². The highest BCUT2D eigenvalue weighted by molar-refractivity contribution is 5.98. The van der Waals surface area contributed by atoms with Crippen molar-refractivity contribution in [3.8, 4) is 0 Å². The van der Waals surface area contributed by atoms with Gasteiger partial charge in [0.2, 0.25) is 11.8 Å². The Morgan fingerprint density at radius 2 is 1.30 bits per heavy atom. The lowest BCUT2D eigenvalue weighted by Crippen LogP contribution is -2.51. The highest BCUT2D eigenvalue weighted by Gasteiger charge is 2.39. The molecule has 3 aromatic carbocycles. The van der Waals surface area contributed by atoms with Crippen LogP contribution in [-0.2, 0) is 14.3 Å². The highest BCUT2D eigenvalue weighted by atomic mass is 19.1. The number of aromatic nitrogens is 4. The molecule has 4 amide bonds. The van der Waals surface area contributed by atoms with Crippen LogP contribution in [0.25, 0.3) is 33.2 Å². The number of allylic oxidation sites excluding steroid dienone is 2. The summed E-state index contributed by atoms with van der Waals surface area (Å²) in [6, 6.07) is 16.0. The van der Waals surface area contributed by atoms with E-state index in [0.29, 0.717) is 36.8 Å². The second-order valence-corrected chi connectivity index (χ2v) is 19.4. The van der Waals surface area contributed by atoms with Crippen molar-refractivity contribution < 1.29 is 33.4 Å². The SMILES string of the molecule is COC(=O)N[C@H](C(=O)N1CCC[C@H]1c1nc2ccc(C3CCC(c4ccc5nc([C@@H]6CCCN6C(=O)[C@@H](NC(=O)O)C(C)C)[nH]c5c4)=C3c3ccc(N4CCCCC4)c(F)c3)cc2[nH]1)C(C)C. The molecule has 354 valence electrons. The van der Waals surface area contributed by atoms with E-state index in [9.17, 15) is 24.3 Å². The van der Waals surface area contributed by atoms with Crippen LogP contribution >= 0.6 is 0 Å². The number of ether oxygens (including phenoxy) is 1. The number of nitrogens with zero attached hydrogens (tertiary/aromatic N) is 5. The van der Waals surface area contributed by atoms with Crippen molar-refractivity contribution >= 4 is 62.9 Å². The number of H-pyrrole nitrogens is 2. The van der Waals surface area contributed by atoms with E-state index in [4.69, 9.17) is 14.7 Å². The van der Waals surface area contributed by atoms with Crippen molar-refractivity contribution in [1.29, 1.82) is 0 Å². The third-order valence-corrected chi connectivity index (χ3v) is 14.4. The fourth-order valence-electron chi connectivity index (χ4n) is 11.0. The lowest BCUT2D eigenvalue weighted by atomic mass is 9.86. The van der Waals surface area contributed by atoms with Crippen LogP contribution in [0.2, 0.25) is 0 Å². The fourth-order valence-corrected chi connectivity index (χ4v) is 11.0. The van der Waals surface area contributed by atoms with Gasteiger partial charge in [-0.15, -0.1) is 0 Å². The van der Waals surface area contributed by atoms with E-state index in [0.717, 1.165) is 114 Å². The van der Waals surface area contributed by atoms with Crippen molar-refractivity contribution in [2.45, 2.75) is 116 Å². The molecule has 5 aromatic rings. The molecule has 4 aliphatic rings. The maximum atomic E-state index is 16.4. The third kappa shape index (κ3) is 9.06. The maximum absolute atomic E-state index is 16.4. The lowest BCUT2D eigenvalue weighted by molar-refractivity contribution is -0.136. The first-order chi connectivity index (χ1) is 32.3. The topological polar surface area (TPSA) is 189 Å². The number of imidazole rings is 2. The Morgan fingerprint density at radius 3 is 1.88 bits per heavy atom. The van der Waals surface area contributed by atoms with Crippen LogP contribution in [0.1, 0.15) is 132 Å². The standard InChI is InChI=1S/C51H62FN9O6/c1-28(2)44(57-50(64)65)48(62)60-23-9-11-41(60)46-53-36-18-13-30(26-38(36)55-46)33-16-17-34(43(33)32-15-20-40(35(52)25-32)59-21-7-6-8-22-59)31-14-19-37-39(27-31)56-47(54-37)42-12-10-24-61(42)49(63)45(29(3)4)58-51(66)67-5/h13-15,18-20,25-29,34,41-42,44-45,57H,6-12,16-17,21-24H2,1-5H3,(H,53,55)(H,54,56)(H,58,66)(H,64,65)/t34?,41-,42-,44-,45-/m0/s1. The number of amides is 4. The zero-order chi connectivity index (χ0) is 47.1. The molecule has 2 aromatic heterocycles. The summed E-state index contributed by atoms with van der Waals surface area (Å²) in [5.74, 6) is 0.280. The van der Waals surface area contributed by atoms with Crippen LogP contribution in [0, 0.1) is 17.7 Å². The van der Waals surface area contributed by atoms with Gasteiger partial charge in [0.25, 0.3) is 0 Å². The Kier molecular flexibility index (Phi) is 13.0. The summed E-state index contributed by atoms with van der Waals surface area (Å²) in [7, 11) is 1.29. The number of benzene rings is 3. The van der Waals surface area contributed by atoms with Crippen LogP contribution in [0.4, 0.5) is 19.7 Å². The van der Waals surface area contributed by atoms with Crippen molar-refractivity contribution in [3.63, 3.8) is 0 Å². The number of rotatable bonds is 12. The quantitative estimate of drug-likeness (QED) is 0.0814. The summed E-state index contributed by atoms with van der Waals surface area (Å²) in [6.45, 7) is 10.2. The number of hydrogen-bond donors (Lipinski definition) is 5. The van der Waals surface area contributed by atoms with Crippen LogP contribution in [0.3, 0.4) is 0 Å². The first kappa shape index (κ1) is 45.7. The Labute approximate surface area is 389 Å². The minimum atomic E-state index is -1.23.